The number of benzene rings is 2. The highest BCUT2D eigenvalue weighted by Gasteiger charge is 2.44. The zero-order valence-corrected chi connectivity index (χ0v) is 14.8. The zero-order valence-electron chi connectivity index (χ0n) is 12.4. The summed E-state index contributed by atoms with van der Waals surface area (Å²) in [7, 11) is -3.56. The first kappa shape index (κ1) is 16.9. The maximum Gasteiger partial charge on any atom is 0.194 e. The van der Waals surface area contributed by atoms with Gasteiger partial charge in [0.05, 0.1) is 0 Å². The number of sulfone groups is 1. The predicted molar refractivity (Wildman–Crippen MR) is 93.0 cm³/mol. The molecular weight excluding hydrogens is 364 g/mol. The molecule has 0 unspecified atom stereocenters. The summed E-state index contributed by atoms with van der Waals surface area (Å²) in [6.45, 7) is 1.67. The van der Waals surface area contributed by atoms with Crippen LogP contribution in [0, 0.1) is 0 Å². The van der Waals surface area contributed by atoms with Gasteiger partial charge in [-0.1, -0.05) is 77.5 Å². The lowest BCUT2D eigenvalue weighted by Gasteiger charge is -2.22. The Morgan fingerprint density at radius 3 is 1.95 bits per heavy atom. The lowest BCUT2D eigenvalue weighted by Crippen LogP contribution is -2.39. The van der Waals surface area contributed by atoms with Crippen molar-refractivity contribution in [1.82, 2.24) is 0 Å². The van der Waals surface area contributed by atoms with Crippen LogP contribution >= 0.6 is 15.9 Å². The van der Waals surface area contributed by atoms with Gasteiger partial charge in [0, 0.05) is 11.8 Å². The smallest absolute Gasteiger partial charge is 0.194 e. The van der Waals surface area contributed by atoms with E-state index in [2.05, 4.69) is 15.9 Å². The molecule has 116 valence electrons. The molecule has 0 radical (unpaired) electrons. The molecule has 0 spiro atoms. The lowest BCUT2D eigenvalue weighted by atomic mass is 10.0. The van der Waals surface area contributed by atoms with Gasteiger partial charge in [0.15, 0.2) is 19.3 Å². The van der Waals surface area contributed by atoms with Crippen molar-refractivity contribution in [2.75, 3.05) is 6.26 Å². The highest BCUT2D eigenvalue weighted by atomic mass is 79.9. The second-order valence-electron chi connectivity index (χ2n) is 5.13. The van der Waals surface area contributed by atoms with Crippen LogP contribution in [0.3, 0.4) is 0 Å². The van der Waals surface area contributed by atoms with Gasteiger partial charge in [0.1, 0.15) is 0 Å². The molecule has 22 heavy (non-hydrogen) atoms. The highest BCUT2D eigenvalue weighted by Crippen LogP contribution is 2.33. The Bertz CT molecular complexity index is 767. The quantitative estimate of drug-likeness (QED) is 0.579. The molecule has 0 aliphatic rings. The first-order valence-electron chi connectivity index (χ1n) is 6.88. The molecule has 2 aromatic carbocycles. The van der Waals surface area contributed by atoms with E-state index in [-0.39, 0.29) is 6.42 Å². The Labute approximate surface area is 139 Å². The van der Waals surface area contributed by atoms with Crippen LogP contribution in [0.5, 0.6) is 0 Å². The van der Waals surface area contributed by atoms with Crippen LogP contribution in [0.2, 0.25) is 0 Å². The van der Waals surface area contributed by atoms with Crippen LogP contribution in [0.25, 0.3) is 11.1 Å². The SMILES string of the molecule is CC[C@@](Br)(C(=O)c1ccc(-c2ccccc2)cc1)S(C)(=O)=O. The van der Waals surface area contributed by atoms with E-state index in [4.69, 9.17) is 0 Å². The second-order valence-corrected chi connectivity index (χ2v) is 9.25. The minimum atomic E-state index is -3.56. The standard InChI is InChI=1S/C17H17BrO3S/c1-3-17(18,22(2,20)21)16(19)15-11-9-14(10-12-15)13-7-5-4-6-8-13/h4-12H,3H2,1-2H3/t17-/m0/s1. The van der Waals surface area contributed by atoms with Crippen molar-refractivity contribution in [3.05, 3.63) is 60.2 Å². The number of ketones is 1. The number of hydrogen-bond donors (Lipinski definition) is 0. The molecule has 5 heteroatoms. The van der Waals surface area contributed by atoms with Crippen molar-refractivity contribution in [1.29, 1.82) is 0 Å². The molecule has 3 nitrogen and oxygen atoms in total. The summed E-state index contributed by atoms with van der Waals surface area (Å²) in [6, 6.07) is 16.8. The van der Waals surface area contributed by atoms with Gasteiger partial charge in [-0.2, -0.15) is 0 Å². The molecule has 1 atom stereocenters. The fourth-order valence-electron chi connectivity index (χ4n) is 2.25. The summed E-state index contributed by atoms with van der Waals surface area (Å²) in [4.78, 5) is 12.6. The third-order valence-electron chi connectivity index (χ3n) is 3.64. The van der Waals surface area contributed by atoms with Crippen molar-refractivity contribution in [2.45, 2.75) is 17.0 Å². The highest BCUT2D eigenvalue weighted by molar-refractivity contribution is 9.12. The minimum Gasteiger partial charge on any atom is -0.291 e. The minimum absolute atomic E-state index is 0.172. The lowest BCUT2D eigenvalue weighted by molar-refractivity contribution is 0.0976. The van der Waals surface area contributed by atoms with Crippen LogP contribution in [-0.4, -0.2) is 24.1 Å². The number of alkyl halides is 1. The first-order chi connectivity index (χ1) is 10.3. The number of Topliss-reactive ketones (excluding diaryl/α,β-unsaturated/α-hetero) is 1. The number of rotatable bonds is 5. The van der Waals surface area contributed by atoms with Crippen LogP contribution in [0.4, 0.5) is 0 Å². The normalized spacial score (nSPS) is 14.3. The van der Waals surface area contributed by atoms with E-state index in [0.29, 0.717) is 5.56 Å². The van der Waals surface area contributed by atoms with Gasteiger partial charge in [-0.25, -0.2) is 8.42 Å². The summed E-state index contributed by atoms with van der Waals surface area (Å²) in [5.41, 5.74) is 2.40. The van der Waals surface area contributed by atoms with E-state index in [1.165, 1.54) is 0 Å². The average Bonchev–Trinajstić information content (AvgIpc) is 2.53. The fourth-order valence-corrected chi connectivity index (χ4v) is 3.46. The van der Waals surface area contributed by atoms with Gasteiger partial charge in [-0.05, 0) is 17.5 Å². The van der Waals surface area contributed by atoms with Gasteiger partial charge in [-0.3, -0.25) is 4.79 Å². The molecule has 2 aromatic rings. The first-order valence-corrected chi connectivity index (χ1v) is 9.57. The Morgan fingerprint density at radius 2 is 1.50 bits per heavy atom. The summed E-state index contributed by atoms with van der Waals surface area (Å²) in [5.74, 6) is -0.433. The molecule has 0 aliphatic carbocycles. The van der Waals surface area contributed by atoms with E-state index in [1.807, 2.05) is 42.5 Å². The molecule has 0 amide bonds. The molecule has 0 aromatic heterocycles. The molecule has 2 rings (SSSR count). The molecule has 0 heterocycles. The Balaban J connectivity index is 2.37. The average molecular weight is 381 g/mol. The monoisotopic (exact) mass is 380 g/mol. The molecule has 0 saturated carbocycles. The van der Waals surface area contributed by atoms with Gasteiger partial charge in [0.2, 0.25) is 0 Å². The summed E-state index contributed by atoms with van der Waals surface area (Å²) in [6.07, 6.45) is 1.24. The number of halogens is 1. The molecule has 0 aliphatic heterocycles. The third-order valence-corrected chi connectivity index (χ3v) is 7.97. The van der Waals surface area contributed by atoms with E-state index >= 15 is 0 Å². The molecule has 0 N–H and O–H groups in total. The number of carbonyl (C=O) groups excluding carboxylic acids is 1. The molecule has 0 saturated heterocycles. The number of hydrogen-bond acceptors (Lipinski definition) is 3. The van der Waals surface area contributed by atoms with E-state index in [1.54, 1.807) is 19.1 Å². The predicted octanol–water partition coefficient (Wildman–Crippen LogP) is 4.08. The number of carbonyl (C=O) groups is 1. The van der Waals surface area contributed by atoms with Gasteiger partial charge in [-0.15, -0.1) is 0 Å². The van der Waals surface area contributed by atoms with Gasteiger partial charge >= 0.3 is 0 Å². The second kappa shape index (κ2) is 6.34. The molecule has 0 fully saturated rings. The Hall–Kier alpha value is -1.46. The summed E-state index contributed by atoms with van der Waals surface area (Å²) < 4.78 is 22.3. The maximum atomic E-state index is 12.6. The van der Waals surface area contributed by atoms with Crippen molar-refractivity contribution in [3.8, 4) is 11.1 Å². The van der Waals surface area contributed by atoms with Crippen LogP contribution < -0.4 is 0 Å². The fraction of sp³-hybridized carbons (Fsp3) is 0.235. The Morgan fingerprint density at radius 1 is 1.00 bits per heavy atom. The molecular formula is C17H17BrO3S. The molecule has 0 bridgehead atoms. The van der Waals surface area contributed by atoms with E-state index in [9.17, 15) is 13.2 Å². The van der Waals surface area contributed by atoms with Gasteiger partial charge < -0.3 is 0 Å². The van der Waals surface area contributed by atoms with E-state index < -0.39 is 19.3 Å². The topological polar surface area (TPSA) is 51.2 Å². The van der Waals surface area contributed by atoms with E-state index in [0.717, 1.165) is 17.4 Å². The summed E-state index contributed by atoms with van der Waals surface area (Å²) in [5, 5.41) is 0. The maximum absolute atomic E-state index is 12.6. The van der Waals surface area contributed by atoms with Crippen molar-refractivity contribution < 1.29 is 13.2 Å². The van der Waals surface area contributed by atoms with Gasteiger partial charge in [0.25, 0.3) is 0 Å². The van der Waals surface area contributed by atoms with Crippen LogP contribution in [0.1, 0.15) is 23.7 Å². The van der Waals surface area contributed by atoms with Crippen molar-refractivity contribution in [3.63, 3.8) is 0 Å². The van der Waals surface area contributed by atoms with Crippen LogP contribution in [-0.2, 0) is 9.84 Å². The Kier molecular flexibility index (Phi) is 4.87. The third kappa shape index (κ3) is 3.15. The summed E-state index contributed by atoms with van der Waals surface area (Å²) >= 11 is 3.13. The van der Waals surface area contributed by atoms with Crippen molar-refractivity contribution in [2.24, 2.45) is 0 Å². The largest absolute Gasteiger partial charge is 0.291 e. The zero-order chi connectivity index (χ0) is 16.4. The van der Waals surface area contributed by atoms with Crippen molar-refractivity contribution >= 4 is 31.6 Å². The van der Waals surface area contributed by atoms with Crippen LogP contribution in [0.15, 0.2) is 54.6 Å².